The Morgan fingerprint density at radius 2 is 1.66 bits per heavy atom. The largest absolute Gasteiger partial charge is 0.452 e. The molecule has 8 heteroatoms. The molecular weight excluding hydrogens is 438 g/mol. The summed E-state index contributed by atoms with van der Waals surface area (Å²) in [6.45, 7) is 5.54. The summed E-state index contributed by atoms with van der Waals surface area (Å²) in [6.07, 6.45) is 2.36. The van der Waals surface area contributed by atoms with Crippen molar-refractivity contribution in [1.29, 1.82) is 0 Å². The SMILES string of the molecule is COC(=O)NN(C(=O)[C@@H]1CCCC[C@@H]1C(=O)N[C@H](C)c1ccc(Br)cc1)C(C)C. The quantitative estimate of drug-likeness (QED) is 0.641. The lowest BCUT2D eigenvalue weighted by atomic mass is 9.77. The number of hydrogen-bond acceptors (Lipinski definition) is 4. The first-order valence-corrected chi connectivity index (χ1v) is 10.8. The van der Waals surface area contributed by atoms with E-state index in [0.717, 1.165) is 22.9 Å². The Balaban J connectivity index is 2.12. The highest BCUT2D eigenvalue weighted by molar-refractivity contribution is 9.10. The van der Waals surface area contributed by atoms with Crippen LogP contribution in [0.25, 0.3) is 0 Å². The standard InChI is InChI=1S/C21H30BrN3O4/c1-13(2)25(24-21(28)29-4)20(27)18-8-6-5-7-17(18)19(26)23-14(3)15-9-11-16(22)12-10-15/h9-14,17-18H,5-8H2,1-4H3,(H,23,26)(H,24,28)/t14-,17+,18-/m1/s1. The number of ether oxygens (including phenoxy) is 1. The van der Waals surface area contributed by atoms with Gasteiger partial charge in [0.25, 0.3) is 0 Å². The molecule has 1 aliphatic rings. The van der Waals surface area contributed by atoms with E-state index in [1.54, 1.807) is 13.8 Å². The number of nitrogens with one attached hydrogen (secondary N) is 2. The van der Waals surface area contributed by atoms with Gasteiger partial charge in [-0.15, -0.1) is 0 Å². The van der Waals surface area contributed by atoms with Crippen LogP contribution in [-0.2, 0) is 14.3 Å². The van der Waals surface area contributed by atoms with Crippen LogP contribution in [0.1, 0.15) is 58.1 Å². The normalized spacial score (nSPS) is 19.9. The first-order chi connectivity index (χ1) is 13.7. The highest BCUT2D eigenvalue weighted by Crippen LogP contribution is 2.32. The number of amides is 3. The lowest BCUT2D eigenvalue weighted by Crippen LogP contribution is -2.54. The molecule has 0 aromatic heterocycles. The van der Waals surface area contributed by atoms with Gasteiger partial charge in [0.2, 0.25) is 11.8 Å². The van der Waals surface area contributed by atoms with Crippen molar-refractivity contribution in [2.45, 2.75) is 58.5 Å². The van der Waals surface area contributed by atoms with Gasteiger partial charge in [0, 0.05) is 16.4 Å². The van der Waals surface area contributed by atoms with Crippen LogP contribution >= 0.6 is 15.9 Å². The third-order valence-corrected chi connectivity index (χ3v) is 5.83. The van der Waals surface area contributed by atoms with Crippen molar-refractivity contribution in [3.05, 3.63) is 34.3 Å². The molecule has 1 aromatic carbocycles. The van der Waals surface area contributed by atoms with E-state index in [0.29, 0.717) is 12.8 Å². The Hall–Kier alpha value is -2.09. The maximum absolute atomic E-state index is 13.2. The van der Waals surface area contributed by atoms with Crippen molar-refractivity contribution < 1.29 is 19.1 Å². The summed E-state index contributed by atoms with van der Waals surface area (Å²) >= 11 is 3.41. The summed E-state index contributed by atoms with van der Waals surface area (Å²) in [5.74, 6) is -1.27. The van der Waals surface area contributed by atoms with E-state index in [1.807, 2.05) is 31.2 Å². The number of rotatable bonds is 5. The van der Waals surface area contributed by atoms with Crippen LogP contribution in [0.3, 0.4) is 0 Å². The van der Waals surface area contributed by atoms with E-state index in [9.17, 15) is 14.4 Å². The first kappa shape index (κ1) is 23.2. The van der Waals surface area contributed by atoms with Crippen LogP contribution in [0.2, 0.25) is 0 Å². The number of methoxy groups -OCH3 is 1. The molecule has 0 aliphatic heterocycles. The minimum absolute atomic E-state index is 0.125. The maximum atomic E-state index is 13.2. The van der Waals surface area contributed by atoms with Gasteiger partial charge in [-0.25, -0.2) is 15.2 Å². The zero-order chi connectivity index (χ0) is 21.6. The molecule has 0 radical (unpaired) electrons. The predicted octanol–water partition coefficient (Wildman–Crippen LogP) is 3.94. The molecule has 2 N–H and O–H groups in total. The van der Waals surface area contributed by atoms with Crippen LogP contribution in [0.5, 0.6) is 0 Å². The van der Waals surface area contributed by atoms with Gasteiger partial charge in [0.15, 0.2) is 0 Å². The molecule has 0 unspecified atom stereocenters. The third-order valence-electron chi connectivity index (χ3n) is 5.30. The molecule has 1 fully saturated rings. The van der Waals surface area contributed by atoms with Crippen molar-refractivity contribution in [3.63, 3.8) is 0 Å². The van der Waals surface area contributed by atoms with E-state index < -0.39 is 17.9 Å². The van der Waals surface area contributed by atoms with Crippen molar-refractivity contribution >= 4 is 33.8 Å². The molecule has 0 heterocycles. The van der Waals surface area contributed by atoms with Crippen LogP contribution < -0.4 is 10.7 Å². The average Bonchev–Trinajstić information content (AvgIpc) is 2.71. The van der Waals surface area contributed by atoms with E-state index in [1.165, 1.54) is 12.1 Å². The highest BCUT2D eigenvalue weighted by atomic mass is 79.9. The fourth-order valence-electron chi connectivity index (χ4n) is 3.66. The van der Waals surface area contributed by atoms with Crippen molar-refractivity contribution in [3.8, 4) is 0 Å². The van der Waals surface area contributed by atoms with Gasteiger partial charge >= 0.3 is 6.09 Å². The fourth-order valence-corrected chi connectivity index (χ4v) is 3.92. The molecule has 0 saturated heterocycles. The van der Waals surface area contributed by atoms with Crippen LogP contribution in [0.15, 0.2) is 28.7 Å². The van der Waals surface area contributed by atoms with E-state index in [4.69, 9.17) is 0 Å². The summed E-state index contributed by atoms with van der Waals surface area (Å²) in [5, 5.41) is 4.33. The van der Waals surface area contributed by atoms with E-state index in [2.05, 4.69) is 31.4 Å². The van der Waals surface area contributed by atoms with Crippen LogP contribution in [0.4, 0.5) is 4.79 Å². The van der Waals surface area contributed by atoms with Crippen LogP contribution in [0, 0.1) is 11.8 Å². The number of carbonyl (C=O) groups is 3. The molecule has 29 heavy (non-hydrogen) atoms. The third kappa shape index (κ3) is 6.19. The Morgan fingerprint density at radius 3 is 2.21 bits per heavy atom. The molecule has 7 nitrogen and oxygen atoms in total. The number of nitrogens with zero attached hydrogens (tertiary/aromatic N) is 1. The topological polar surface area (TPSA) is 87.7 Å². The second-order valence-electron chi connectivity index (χ2n) is 7.68. The zero-order valence-corrected chi connectivity index (χ0v) is 19.0. The monoisotopic (exact) mass is 467 g/mol. The zero-order valence-electron chi connectivity index (χ0n) is 17.4. The molecule has 1 saturated carbocycles. The number of carbonyl (C=O) groups excluding carboxylic acids is 3. The average molecular weight is 468 g/mol. The van der Waals surface area contributed by atoms with Crippen molar-refractivity contribution in [2.24, 2.45) is 11.8 Å². The van der Waals surface area contributed by atoms with E-state index in [-0.39, 0.29) is 23.9 Å². The fraction of sp³-hybridized carbons (Fsp3) is 0.571. The summed E-state index contributed by atoms with van der Waals surface area (Å²) in [7, 11) is 1.25. The Kier molecular flexibility index (Phi) is 8.49. The summed E-state index contributed by atoms with van der Waals surface area (Å²) in [4.78, 5) is 37.8. The molecule has 0 bridgehead atoms. The molecular formula is C21H30BrN3O4. The maximum Gasteiger partial charge on any atom is 0.425 e. The highest BCUT2D eigenvalue weighted by Gasteiger charge is 2.39. The van der Waals surface area contributed by atoms with Gasteiger partial charge < -0.3 is 10.1 Å². The second kappa shape index (κ2) is 10.6. The van der Waals surface area contributed by atoms with Gasteiger partial charge in [-0.3, -0.25) is 9.59 Å². The molecule has 1 aromatic rings. The molecule has 3 amide bonds. The lowest BCUT2D eigenvalue weighted by Gasteiger charge is -2.35. The smallest absolute Gasteiger partial charge is 0.425 e. The number of benzene rings is 1. The van der Waals surface area contributed by atoms with E-state index >= 15 is 0 Å². The Morgan fingerprint density at radius 1 is 1.07 bits per heavy atom. The predicted molar refractivity (Wildman–Crippen MR) is 114 cm³/mol. The van der Waals surface area contributed by atoms with Crippen LogP contribution in [-0.4, -0.2) is 36.1 Å². The van der Waals surface area contributed by atoms with Gasteiger partial charge in [-0.2, -0.15) is 0 Å². The molecule has 3 atom stereocenters. The number of halogens is 1. The van der Waals surface area contributed by atoms with Gasteiger partial charge in [-0.1, -0.05) is 40.9 Å². The van der Waals surface area contributed by atoms with Crippen molar-refractivity contribution in [2.75, 3.05) is 7.11 Å². The molecule has 160 valence electrons. The number of hydrogen-bond donors (Lipinski definition) is 2. The minimum Gasteiger partial charge on any atom is -0.452 e. The van der Waals surface area contributed by atoms with Gasteiger partial charge in [-0.05, 0) is 51.3 Å². The Bertz CT molecular complexity index is 723. The number of hydrazine groups is 1. The van der Waals surface area contributed by atoms with Gasteiger partial charge in [0.05, 0.1) is 19.1 Å². The molecule has 1 aliphatic carbocycles. The minimum atomic E-state index is -0.701. The first-order valence-electron chi connectivity index (χ1n) is 9.98. The molecule has 2 rings (SSSR count). The summed E-state index contributed by atoms with van der Waals surface area (Å²) in [6, 6.07) is 7.36. The second-order valence-corrected chi connectivity index (χ2v) is 8.60. The molecule has 0 spiro atoms. The summed E-state index contributed by atoms with van der Waals surface area (Å²) in [5.41, 5.74) is 3.48. The summed E-state index contributed by atoms with van der Waals surface area (Å²) < 4.78 is 5.60. The van der Waals surface area contributed by atoms with Gasteiger partial charge in [0.1, 0.15) is 0 Å². The van der Waals surface area contributed by atoms with Crippen molar-refractivity contribution in [1.82, 2.24) is 15.8 Å². The lowest BCUT2D eigenvalue weighted by molar-refractivity contribution is -0.147. The Labute approximate surface area is 180 Å².